The Morgan fingerprint density at radius 2 is 1.87 bits per heavy atom. The highest BCUT2D eigenvalue weighted by molar-refractivity contribution is 5.62. The number of nitrogens with two attached hydrogens (primary N) is 1. The fourth-order valence-electron chi connectivity index (χ4n) is 1.59. The van der Waals surface area contributed by atoms with Gasteiger partial charge in [0.1, 0.15) is 5.75 Å². The lowest BCUT2D eigenvalue weighted by molar-refractivity contribution is 0.342. The molecule has 0 saturated carbocycles. The van der Waals surface area contributed by atoms with Crippen LogP contribution < -0.4 is 15.4 Å². The largest absolute Gasteiger partial charge is 0.492 e. The van der Waals surface area contributed by atoms with E-state index in [9.17, 15) is 0 Å². The molecule has 3 heteroatoms. The number of nitrogens with zero attached hydrogens (tertiary/aromatic N) is 1. The van der Waals surface area contributed by atoms with Crippen molar-refractivity contribution in [3.05, 3.63) is 18.2 Å². The van der Waals surface area contributed by atoms with Crippen LogP contribution in [-0.2, 0) is 0 Å². The quantitative estimate of drug-likeness (QED) is 0.756. The molecule has 0 aromatic heterocycles. The van der Waals surface area contributed by atoms with Crippen LogP contribution in [0, 0.1) is 0 Å². The highest BCUT2D eigenvalue weighted by Crippen LogP contribution is 2.27. The topological polar surface area (TPSA) is 38.5 Å². The summed E-state index contributed by atoms with van der Waals surface area (Å²) in [5.41, 5.74) is 7.68. The zero-order chi connectivity index (χ0) is 11.3. The Labute approximate surface area is 91.8 Å². The van der Waals surface area contributed by atoms with Crippen molar-refractivity contribution < 1.29 is 4.74 Å². The predicted molar refractivity (Wildman–Crippen MR) is 65.6 cm³/mol. The maximum Gasteiger partial charge on any atom is 0.144 e. The molecule has 1 aromatic rings. The molecule has 0 saturated heterocycles. The summed E-state index contributed by atoms with van der Waals surface area (Å²) in [4.78, 5) is 2.27. The molecule has 1 aromatic carbocycles. The van der Waals surface area contributed by atoms with E-state index in [1.165, 1.54) is 0 Å². The zero-order valence-electron chi connectivity index (χ0n) is 9.79. The van der Waals surface area contributed by atoms with Gasteiger partial charge in [-0.05, 0) is 32.9 Å². The van der Waals surface area contributed by atoms with Crippen LogP contribution in [0.1, 0.15) is 20.8 Å². The molecule has 0 aliphatic carbocycles. The number of nitrogen functional groups attached to an aromatic ring is 1. The molecule has 1 rings (SSSR count). The molecule has 0 bridgehead atoms. The number of anilines is 2. The average molecular weight is 208 g/mol. The van der Waals surface area contributed by atoms with E-state index in [1.807, 2.05) is 25.1 Å². The molecule has 0 unspecified atom stereocenters. The van der Waals surface area contributed by atoms with Gasteiger partial charge in [0, 0.05) is 24.8 Å². The highest BCUT2D eigenvalue weighted by Gasteiger charge is 2.05. The highest BCUT2D eigenvalue weighted by atomic mass is 16.5. The van der Waals surface area contributed by atoms with Gasteiger partial charge < -0.3 is 15.4 Å². The van der Waals surface area contributed by atoms with Crippen LogP contribution in [0.25, 0.3) is 0 Å². The van der Waals surface area contributed by atoms with Gasteiger partial charge >= 0.3 is 0 Å². The summed E-state index contributed by atoms with van der Waals surface area (Å²) in [6.45, 7) is 8.87. The Hall–Kier alpha value is -1.38. The molecule has 0 spiro atoms. The number of hydrogen-bond donors (Lipinski definition) is 1. The molecule has 0 aliphatic rings. The van der Waals surface area contributed by atoms with Gasteiger partial charge in [-0.2, -0.15) is 0 Å². The van der Waals surface area contributed by atoms with Crippen LogP contribution in [0.4, 0.5) is 11.4 Å². The Bertz CT molecular complexity index is 308. The van der Waals surface area contributed by atoms with E-state index in [2.05, 4.69) is 18.7 Å². The van der Waals surface area contributed by atoms with Gasteiger partial charge in [0.05, 0.1) is 12.3 Å². The van der Waals surface area contributed by atoms with Crippen LogP contribution in [0.5, 0.6) is 5.75 Å². The Kier molecular flexibility index (Phi) is 4.28. The maximum atomic E-state index is 5.82. The zero-order valence-corrected chi connectivity index (χ0v) is 9.79. The van der Waals surface area contributed by atoms with Crippen molar-refractivity contribution in [2.75, 3.05) is 30.3 Å². The summed E-state index contributed by atoms with van der Waals surface area (Å²) in [5, 5.41) is 0. The second-order valence-corrected chi connectivity index (χ2v) is 3.33. The van der Waals surface area contributed by atoms with E-state index in [0.717, 1.165) is 24.5 Å². The molecule has 0 fully saturated rings. The minimum absolute atomic E-state index is 0.645. The summed E-state index contributed by atoms with van der Waals surface area (Å²) < 4.78 is 5.46. The molecule has 0 aliphatic heterocycles. The molecule has 0 heterocycles. The summed E-state index contributed by atoms with van der Waals surface area (Å²) >= 11 is 0. The van der Waals surface area contributed by atoms with Gasteiger partial charge in [-0.3, -0.25) is 0 Å². The van der Waals surface area contributed by atoms with Gasteiger partial charge in [-0.1, -0.05) is 0 Å². The first-order valence-electron chi connectivity index (χ1n) is 5.50. The third-order valence-electron chi connectivity index (χ3n) is 2.43. The fraction of sp³-hybridized carbons (Fsp3) is 0.500. The molecular weight excluding hydrogens is 188 g/mol. The smallest absolute Gasteiger partial charge is 0.144 e. The van der Waals surface area contributed by atoms with E-state index in [-0.39, 0.29) is 0 Å². The normalized spacial score (nSPS) is 10.1. The fourth-order valence-corrected chi connectivity index (χ4v) is 1.59. The van der Waals surface area contributed by atoms with Crippen molar-refractivity contribution in [1.82, 2.24) is 0 Å². The molecule has 2 N–H and O–H groups in total. The van der Waals surface area contributed by atoms with Crippen LogP contribution in [0.2, 0.25) is 0 Å². The lowest BCUT2D eigenvalue weighted by Gasteiger charge is -2.22. The first-order valence-corrected chi connectivity index (χ1v) is 5.50. The lowest BCUT2D eigenvalue weighted by atomic mass is 10.2. The Balaban J connectivity index is 2.95. The van der Waals surface area contributed by atoms with Crippen LogP contribution >= 0.6 is 0 Å². The Morgan fingerprint density at radius 3 is 2.40 bits per heavy atom. The van der Waals surface area contributed by atoms with E-state index < -0.39 is 0 Å². The molecule has 0 amide bonds. The van der Waals surface area contributed by atoms with Crippen molar-refractivity contribution in [3.8, 4) is 5.75 Å². The molecule has 84 valence electrons. The maximum absolute atomic E-state index is 5.82. The standard InChI is InChI=1S/C12H20N2O/c1-4-14(5-2)10-7-8-11(13)12(9-10)15-6-3/h7-9H,4-6,13H2,1-3H3. The van der Waals surface area contributed by atoms with Crippen LogP contribution in [0.3, 0.4) is 0 Å². The molecular formula is C12H20N2O. The molecule has 0 radical (unpaired) electrons. The van der Waals surface area contributed by atoms with Gasteiger partial charge in [0.15, 0.2) is 0 Å². The van der Waals surface area contributed by atoms with Crippen molar-refractivity contribution >= 4 is 11.4 Å². The van der Waals surface area contributed by atoms with Crippen molar-refractivity contribution in [1.29, 1.82) is 0 Å². The second-order valence-electron chi connectivity index (χ2n) is 3.33. The lowest BCUT2D eigenvalue weighted by Crippen LogP contribution is -2.21. The average Bonchev–Trinajstić information content (AvgIpc) is 2.25. The molecule has 3 nitrogen and oxygen atoms in total. The summed E-state index contributed by atoms with van der Waals surface area (Å²) in [7, 11) is 0. The van der Waals surface area contributed by atoms with Crippen molar-refractivity contribution in [2.45, 2.75) is 20.8 Å². The molecule has 15 heavy (non-hydrogen) atoms. The third kappa shape index (κ3) is 2.78. The summed E-state index contributed by atoms with van der Waals surface area (Å²) in [6.07, 6.45) is 0. The number of benzene rings is 1. The second kappa shape index (κ2) is 5.49. The SMILES string of the molecule is CCOc1cc(N(CC)CC)ccc1N. The van der Waals surface area contributed by atoms with Crippen molar-refractivity contribution in [2.24, 2.45) is 0 Å². The first-order chi connectivity index (χ1) is 7.22. The van der Waals surface area contributed by atoms with E-state index >= 15 is 0 Å². The first kappa shape index (κ1) is 11.7. The number of hydrogen-bond acceptors (Lipinski definition) is 3. The van der Waals surface area contributed by atoms with E-state index in [1.54, 1.807) is 0 Å². The monoisotopic (exact) mass is 208 g/mol. The number of ether oxygens (including phenoxy) is 1. The third-order valence-corrected chi connectivity index (χ3v) is 2.43. The molecule has 0 atom stereocenters. The van der Waals surface area contributed by atoms with Gasteiger partial charge in [0.2, 0.25) is 0 Å². The van der Waals surface area contributed by atoms with E-state index in [0.29, 0.717) is 12.3 Å². The minimum atomic E-state index is 0.645. The minimum Gasteiger partial charge on any atom is -0.492 e. The van der Waals surface area contributed by atoms with Gasteiger partial charge in [-0.25, -0.2) is 0 Å². The van der Waals surface area contributed by atoms with Crippen molar-refractivity contribution in [3.63, 3.8) is 0 Å². The van der Waals surface area contributed by atoms with Gasteiger partial charge in [0.25, 0.3) is 0 Å². The number of rotatable bonds is 5. The van der Waals surface area contributed by atoms with E-state index in [4.69, 9.17) is 10.5 Å². The Morgan fingerprint density at radius 1 is 1.20 bits per heavy atom. The van der Waals surface area contributed by atoms with Gasteiger partial charge in [-0.15, -0.1) is 0 Å². The van der Waals surface area contributed by atoms with Crippen LogP contribution in [0.15, 0.2) is 18.2 Å². The van der Waals surface area contributed by atoms with Crippen LogP contribution in [-0.4, -0.2) is 19.7 Å². The summed E-state index contributed by atoms with van der Waals surface area (Å²) in [6, 6.07) is 5.94. The summed E-state index contributed by atoms with van der Waals surface area (Å²) in [5.74, 6) is 0.780. The predicted octanol–water partition coefficient (Wildman–Crippen LogP) is 2.51.